The molecule has 1 N–H and O–H groups in total. The number of methoxy groups -OCH3 is 1. The van der Waals surface area contributed by atoms with Crippen LogP contribution in [0.25, 0.3) is 0 Å². The van der Waals surface area contributed by atoms with E-state index in [1.807, 2.05) is 6.07 Å². The number of benzene rings is 2. The second-order valence-corrected chi connectivity index (χ2v) is 9.24. The van der Waals surface area contributed by atoms with Crippen LogP contribution in [0.4, 0.5) is 18.9 Å². The number of halogens is 3. The fourth-order valence-corrected chi connectivity index (χ4v) is 5.16. The molecule has 2 saturated heterocycles. The van der Waals surface area contributed by atoms with E-state index in [0.717, 1.165) is 0 Å². The highest BCUT2D eigenvalue weighted by Gasteiger charge is 2.51. The highest BCUT2D eigenvalue weighted by molar-refractivity contribution is 5.95. The highest BCUT2D eigenvalue weighted by atomic mass is 19.3. The van der Waals surface area contributed by atoms with Gasteiger partial charge in [-0.2, -0.15) is 0 Å². The number of fused-ring (bicyclic) bond motifs is 1. The maximum atomic E-state index is 13.9. The van der Waals surface area contributed by atoms with Crippen molar-refractivity contribution >= 4 is 11.6 Å². The predicted molar refractivity (Wildman–Crippen MR) is 121 cm³/mol. The highest BCUT2D eigenvalue weighted by Crippen LogP contribution is 2.44. The Kier molecular flexibility index (Phi) is 5.93. The van der Waals surface area contributed by atoms with Crippen LogP contribution >= 0.6 is 0 Å². The van der Waals surface area contributed by atoms with E-state index in [9.17, 15) is 18.0 Å². The first kappa shape index (κ1) is 23.0. The Bertz CT molecular complexity index is 1080. The number of amides is 1. The summed E-state index contributed by atoms with van der Waals surface area (Å²) in [4.78, 5) is 15.0. The Hall–Kier alpha value is -2.78. The summed E-state index contributed by atoms with van der Waals surface area (Å²) in [6, 6.07) is 11.4. The summed E-state index contributed by atoms with van der Waals surface area (Å²) in [5.74, 6) is -2.68. The number of carbonyl (C=O) groups is 1. The molecule has 2 atom stereocenters. The van der Waals surface area contributed by atoms with Crippen LogP contribution in [0.1, 0.15) is 36.6 Å². The van der Waals surface area contributed by atoms with Gasteiger partial charge >= 0.3 is 0 Å². The molecule has 5 rings (SSSR count). The molecule has 0 spiro atoms. The maximum Gasteiger partial charge on any atom is 0.254 e. The Morgan fingerprint density at radius 3 is 2.82 bits per heavy atom. The summed E-state index contributed by atoms with van der Waals surface area (Å²) in [5, 5.41) is 3.16. The molecule has 0 aromatic heterocycles. The normalized spacial score (nSPS) is 26.0. The number of anilines is 1. The SMILES string of the molecule is COc1cc(C(=O)N2CC[C@]3(c4cccc(F)c4)OCOC3C2)ccc1NCC1CC(F)(F)C1.[HH]. The third-order valence-corrected chi connectivity index (χ3v) is 7.05. The van der Waals surface area contributed by atoms with Gasteiger partial charge in [-0.3, -0.25) is 4.79 Å². The molecule has 2 aromatic rings. The van der Waals surface area contributed by atoms with Crippen molar-refractivity contribution in [2.24, 2.45) is 5.92 Å². The first-order chi connectivity index (χ1) is 16.3. The van der Waals surface area contributed by atoms with Crippen molar-refractivity contribution in [2.45, 2.75) is 36.9 Å². The predicted octanol–water partition coefficient (Wildman–Crippen LogP) is 4.65. The summed E-state index contributed by atoms with van der Waals surface area (Å²) >= 11 is 0. The van der Waals surface area contributed by atoms with E-state index in [-0.39, 0.29) is 38.7 Å². The molecular weight excluding hydrogens is 449 g/mol. The van der Waals surface area contributed by atoms with Crippen LogP contribution in [0, 0.1) is 11.7 Å². The fourth-order valence-electron chi connectivity index (χ4n) is 5.16. The van der Waals surface area contributed by atoms with Crippen molar-refractivity contribution < 1.29 is 33.6 Å². The molecule has 34 heavy (non-hydrogen) atoms. The average Bonchev–Trinajstić information content (AvgIpc) is 3.25. The smallest absolute Gasteiger partial charge is 0.254 e. The summed E-state index contributed by atoms with van der Waals surface area (Å²) in [5.41, 5.74) is 1.05. The van der Waals surface area contributed by atoms with Crippen molar-refractivity contribution in [2.75, 3.05) is 38.9 Å². The molecule has 184 valence electrons. The lowest BCUT2D eigenvalue weighted by Gasteiger charge is -2.42. The summed E-state index contributed by atoms with van der Waals surface area (Å²) in [6.07, 6.45) is -0.152. The van der Waals surface area contributed by atoms with E-state index in [1.54, 1.807) is 29.2 Å². The Balaban J connectivity index is 0.00000289. The first-order valence-electron chi connectivity index (χ1n) is 11.4. The van der Waals surface area contributed by atoms with Gasteiger partial charge in [-0.05, 0) is 41.8 Å². The van der Waals surface area contributed by atoms with Crippen LogP contribution in [0.5, 0.6) is 5.75 Å². The Morgan fingerprint density at radius 1 is 1.26 bits per heavy atom. The van der Waals surface area contributed by atoms with E-state index in [4.69, 9.17) is 14.2 Å². The van der Waals surface area contributed by atoms with Crippen molar-refractivity contribution in [3.63, 3.8) is 0 Å². The van der Waals surface area contributed by atoms with Crippen LogP contribution in [0.15, 0.2) is 42.5 Å². The van der Waals surface area contributed by atoms with Gasteiger partial charge in [0.25, 0.3) is 5.91 Å². The molecule has 1 amide bonds. The van der Waals surface area contributed by atoms with Crippen molar-refractivity contribution in [3.8, 4) is 5.75 Å². The monoisotopic (exact) mass is 478 g/mol. The number of likely N-dealkylation sites (tertiary alicyclic amines) is 1. The van der Waals surface area contributed by atoms with Gasteiger partial charge < -0.3 is 24.4 Å². The minimum Gasteiger partial charge on any atom is -0.495 e. The number of rotatable bonds is 6. The number of nitrogens with one attached hydrogen (secondary N) is 1. The molecule has 3 aliphatic rings. The molecule has 2 aromatic carbocycles. The van der Waals surface area contributed by atoms with Gasteiger partial charge in [0.05, 0.1) is 19.3 Å². The number of hydrogen-bond acceptors (Lipinski definition) is 5. The zero-order valence-electron chi connectivity index (χ0n) is 18.9. The van der Waals surface area contributed by atoms with Gasteiger partial charge in [0, 0.05) is 39.3 Å². The molecule has 9 heteroatoms. The largest absolute Gasteiger partial charge is 0.495 e. The maximum absolute atomic E-state index is 13.9. The van der Waals surface area contributed by atoms with Gasteiger partial charge in [-0.25, -0.2) is 13.2 Å². The number of carbonyl (C=O) groups excluding carboxylic acids is 1. The number of alkyl halides is 2. The average molecular weight is 479 g/mol. The lowest BCUT2D eigenvalue weighted by atomic mass is 9.81. The lowest BCUT2D eigenvalue weighted by molar-refractivity contribution is -0.106. The van der Waals surface area contributed by atoms with Gasteiger partial charge in [0.1, 0.15) is 30.1 Å². The quantitative estimate of drug-likeness (QED) is 0.655. The molecule has 1 saturated carbocycles. The number of hydrogen-bond donors (Lipinski definition) is 1. The molecular formula is C25H29F3N2O4. The van der Waals surface area contributed by atoms with Crippen LogP contribution in [-0.2, 0) is 15.1 Å². The molecule has 0 radical (unpaired) electrons. The van der Waals surface area contributed by atoms with Gasteiger partial charge in [0.15, 0.2) is 0 Å². The van der Waals surface area contributed by atoms with E-state index < -0.39 is 17.6 Å². The zero-order chi connectivity index (χ0) is 23.9. The molecule has 3 fully saturated rings. The van der Waals surface area contributed by atoms with Gasteiger partial charge in [-0.1, -0.05) is 12.1 Å². The van der Waals surface area contributed by atoms with Gasteiger partial charge in [0.2, 0.25) is 5.92 Å². The second kappa shape index (κ2) is 8.78. The van der Waals surface area contributed by atoms with Crippen LogP contribution < -0.4 is 10.1 Å². The van der Waals surface area contributed by atoms with Crippen LogP contribution in [-0.4, -0.2) is 56.4 Å². The standard InChI is InChI=1S/C25H27F3N2O4.H2/c1-32-21-9-17(5-6-20(21)29-13-16-11-24(27,28)12-16)23(31)30-8-7-25(22(14-30)33-15-34-25)18-3-2-4-19(26)10-18;/h2-6,9-10,16,22,29H,7-8,11-15H2,1H3;1H/t22?,25-;/m1./s1. The van der Waals surface area contributed by atoms with Gasteiger partial charge in [-0.15, -0.1) is 0 Å². The minimum atomic E-state index is -2.55. The van der Waals surface area contributed by atoms with Crippen molar-refractivity contribution in [1.29, 1.82) is 0 Å². The Labute approximate surface area is 197 Å². The van der Waals surface area contributed by atoms with E-state index in [0.29, 0.717) is 48.6 Å². The minimum absolute atomic E-state index is 0. The lowest BCUT2D eigenvalue weighted by Crippen LogP contribution is -2.53. The summed E-state index contributed by atoms with van der Waals surface area (Å²) in [6.45, 7) is 1.25. The zero-order valence-corrected chi connectivity index (χ0v) is 18.9. The topological polar surface area (TPSA) is 60.0 Å². The van der Waals surface area contributed by atoms with E-state index in [2.05, 4.69) is 5.32 Å². The third-order valence-electron chi connectivity index (χ3n) is 7.05. The summed E-state index contributed by atoms with van der Waals surface area (Å²) in [7, 11) is 1.50. The molecule has 0 bridgehead atoms. The number of nitrogens with zero attached hydrogens (tertiary/aromatic N) is 1. The number of piperidine rings is 1. The molecule has 2 heterocycles. The fraction of sp³-hybridized carbons (Fsp3) is 0.480. The van der Waals surface area contributed by atoms with Crippen molar-refractivity contribution in [1.82, 2.24) is 4.90 Å². The van der Waals surface area contributed by atoms with Crippen LogP contribution in [0.3, 0.4) is 0 Å². The third kappa shape index (κ3) is 4.22. The number of ether oxygens (including phenoxy) is 3. The second-order valence-electron chi connectivity index (χ2n) is 9.24. The van der Waals surface area contributed by atoms with E-state index in [1.165, 1.54) is 19.2 Å². The van der Waals surface area contributed by atoms with E-state index >= 15 is 0 Å². The molecule has 1 unspecified atom stereocenters. The molecule has 1 aliphatic carbocycles. The summed E-state index contributed by atoms with van der Waals surface area (Å²) < 4.78 is 57.2. The Morgan fingerprint density at radius 2 is 2.09 bits per heavy atom. The van der Waals surface area contributed by atoms with Crippen molar-refractivity contribution in [3.05, 3.63) is 59.4 Å². The van der Waals surface area contributed by atoms with Crippen LogP contribution in [0.2, 0.25) is 0 Å². The molecule has 2 aliphatic heterocycles. The first-order valence-corrected chi connectivity index (χ1v) is 11.4. The molecule has 6 nitrogen and oxygen atoms in total.